The molecule has 0 fully saturated rings. The van der Waals surface area contributed by atoms with E-state index >= 15 is 0 Å². The third-order valence-corrected chi connectivity index (χ3v) is 2.31. The van der Waals surface area contributed by atoms with Crippen LogP contribution in [-0.4, -0.2) is 17.9 Å². The summed E-state index contributed by atoms with van der Waals surface area (Å²) < 4.78 is 61.5. The molecule has 0 aliphatic rings. The molecule has 0 aliphatic heterocycles. The van der Waals surface area contributed by atoms with Crippen molar-refractivity contribution in [3.05, 3.63) is 34.3 Å². The van der Waals surface area contributed by atoms with Crippen molar-refractivity contribution in [1.82, 2.24) is 0 Å². The van der Waals surface area contributed by atoms with Gasteiger partial charge in [-0.1, -0.05) is 11.6 Å². The van der Waals surface area contributed by atoms with E-state index in [4.69, 9.17) is 11.6 Å². The van der Waals surface area contributed by atoms with Crippen LogP contribution >= 0.6 is 11.6 Å². The van der Waals surface area contributed by atoms with Gasteiger partial charge in [-0.05, 0) is 30.7 Å². The normalized spacial score (nSPS) is 12.6. The standard InChI is InChI=1S/C10H6ClF5O/c1-5-4-6(11)2-3-7(5)8(17)9(12,13)10(14,15)16/h2-4H,1H3. The Bertz CT molecular complexity index is 452. The zero-order chi connectivity index (χ0) is 13.4. The van der Waals surface area contributed by atoms with Crippen LogP contribution < -0.4 is 0 Å². The maximum atomic E-state index is 12.8. The van der Waals surface area contributed by atoms with Gasteiger partial charge in [-0.2, -0.15) is 22.0 Å². The lowest BCUT2D eigenvalue weighted by Crippen LogP contribution is -2.44. The van der Waals surface area contributed by atoms with E-state index in [0.29, 0.717) is 0 Å². The van der Waals surface area contributed by atoms with Gasteiger partial charge < -0.3 is 0 Å². The van der Waals surface area contributed by atoms with E-state index < -0.39 is 23.4 Å². The molecule has 0 radical (unpaired) electrons. The average Bonchev–Trinajstić information content (AvgIpc) is 2.14. The second-order valence-corrected chi connectivity index (χ2v) is 3.80. The van der Waals surface area contributed by atoms with Crippen LogP contribution in [0.25, 0.3) is 0 Å². The van der Waals surface area contributed by atoms with Gasteiger partial charge in [0.05, 0.1) is 0 Å². The van der Waals surface area contributed by atoms with Crippen LogP contribution in [0.4, 0.5) is 22.0 Å². The predicted molar refractivity (Wildman–Crippen MR) is 51.5 cm³/mol. The molecule has 1 rings (SSSR count). The molecule has 0 atom stereocenters. The van der Waals surface area contributed by atoms with Gasteiger partial charge in [-0.3, -0.25) is 4.79 Å². The van der Waals surface area contributed by atoms with E-state index in [0.717, 1.165) is 18.2 Å². The highest BCUT2D eigenvalue weighted by atomic mass is 35.5. The topological polar surface area (TPSA) is 17.1 Å². The Balaban J connectivity index is 3.22. The Hall–Kier alpha value is -1.17. The zero-order valence-electron chi connectivity index (χ0n) is 8.41. The van der Waals surface area contributed by atoms with Gasteiger partial charge in [0.2, 0.25) is 5.78 Å². The van der Waals surface area contributed by atoms with Crippen LogP contribution in [0, 0.1) is 6.92 Å². The number of aryl methyl sites for hydroxylation is 1. The highest BCUT2D eigenvalue weighted by molar-refractivity contribution is 6.30. The second kappa shape index (κ2) is 4.25. The Kier molecular flexibility index (Phi) is 3.47. The highest BCUT2D eigenvalue weighted by Crippen LogP contribution is 2.38. The first-order valence-electron chi connectivity index (χ1n) is 4.33. The molecule has 94 valence electrons. The fourth-order valence-electron chi connectivity index (χ4n) is 1.18. The maximum Gasteiger partial charge on any atom is 0.461 e. The van der Waals surface area contributed by atoms with Crippen LogP contribution in [-0.2, 0) is 0 Å². The summed E-state index contributed by atoms with van der Waals surface area (Å²) >= 11 is 5.50. The number of carbonyl (C=O) groups is 1. The molecule has 1 nitrogen and oxygen atoms in total. The first-order chi connectivity index (χ1) is 7.57. The molecule has 7 heteroatoms. The lowest BCUT2D eigenvalue weighted by Gasteiger charge is -2.19. The van der Waals surface area contributed by atoms with E-state index in [-0.39, 0.29) is 10.6 Å². The Morgan fingerprint density at radius 2 is 1.71 bits per heavy atom. The van der Waals surface area contributed by atoms with E-state index in [1.54, 1.807) is 0 Å². The fraction of sp³-hybridized carbons (Fsp3) is 0.300. The highest BCUT2D eigenvalue weighted by Gasteiger charge is 2.63. The molecule has 1 aromatic carbocycles. The van der Waals surface area contributed by atoms with Crippen LogP contribution in [0.15, 0.2) is 18.2 Å². The van der Waals surface area contributed by atoms with Crippen molar-refractivity contribution < 1.29 is 26.7 Å². The number of ketones is 1. The molecule has 0 aromatic heterocycles. The van der Waals surface area contributed by atoms with E-state index in [1.165, 1.54) is 6.92 Å². The lowest BCUT2D eigenvalue weighted by atomic mass is 10.0. The summed E-state index contributed by atoms with van der Waals surface area (Å²) in [4.78, 5) is 11.1. The lowest BCUT2D eigenvalue weighted by molar-refractivity contribution is -0.255. The van der Waals surface area contributed by atoms with E-state index in [2.05, 4.69) is 0 Å². The molecule has 0 saturated heterocycles. The van der Waals surface area contributed by atoms with Crippen molar-refractivity contribution in [1.29, 1.82) is 0 Å². The number of Topliss-reactive ketones (excluding diaryl/α,β-unsaturated/α-hetero) is 1. The summed E-state index contributed by atoms with van der Waals surface area (Å²) in [6.45, 7) is 1.23. The van der Waals surface area contributed by atoms with Crippen LogP contribution in [0.3, 0.4) is 0 Å². The summed E-state index contributed by atoms with van der Waals surface area (Å²) in [7, 11) is 0. The molecule has 1 aromatic rings. The molecule has 0 spiro atoms. The average molecular weight is 273 g/mol. The quantitative estimate of drug-likeness (QED) is 0.587. The van der Waals surface area contributed by atoms with Gasteiger partial charge in [-0.15, -0.1) is 0 Å². The molecule has 0 bridgehead atoms. The number of alkyl halides is 5. The van der Waals surface area contributed by atoms with Gasteiger partial charge in [0, 0.05) is 10.6 Å². The smallest absolute Gasteiger partial charge is 0.287 e. The SMILES string of the molecule is Cc1cc(Cl)ccc1C(=O)C(F)(F)C(F)(F)F. The van der Waals surface area contributed by atoms with Crippen LogP contribution in [0.5, 0.6) is 0 Å². The number of hydrogen-bond donors (Lipinski definition) is 0. The predicted octanol–water partition coefficient (Wildman–Crippen LogP) is 4.03. The molecular weight excluding hydrogens is 267 g/mol. The molecule has 0 unspecified atom stereocenters. The van der Waals surface area contributed by atoms with Crippen molar-refractivity contribution in [3.63, 3.8) is 0 Å². The van der Waals surface area contributed by atoms with Crippen molar-refractivity contribution in [2.75, 3.05) is 0 Å². The summed E-state index contributed by atoms with van der Waals surface area (Å²) in [5.74, 6) is -7.68. The van der Waals surface area contributed by atoms with Crippen molar-refractivity contribution >= 4 is 17.4 Å². The van der Waals surface area contributed by atoms with Gasteiger partial charge in [0.1, 0.15) is 0 Å². The molecular formula is C10H6ClF5O. The summed E-state index contributed by atoms with van der Waals surface area (Å²) in [6, 6.07) is 3.06. The Labute approximate surface area is 98.2 Å². The molecule has 0 aliphatic carbocycles. The van der Waals surface area contributed by atoms with Crippen LogP contribution in [0.1, 0.15) is 15.9 Å². The van der Waals surface area contributed by atoms with Crippen molar-refractivity contribution in [2.24, 2.45) is 0 Å². The Morgan fingerprint density at radius 1 is 1.18 bits per heavy atom. The number of benzene rings is 1. The van der Waals surface area contributed by atoms with Gasteiger partial charge in [0.25, 0.3) is 0 Å². The van der Waals surface area contributed by atoms with Crippen molar-refractivity contribution in [3.8, 4) is 0 Å². The first-order valence-corrected chi connectivity index (χ1v) is 4.70. The number of carbonyl (C=O) groups excluding carboxylic acids is 1. The summed E-state index contributed by atoms with van der Waals surface area (Å²) in [6.07, 6.45) is -5.91. The number of rotatable bonds is 2. The Morgan fingerprint density at radius 3 is 2.12 bits per heavy atom. The monoisotopic (exact) mass is 272 g/mol. The van der Waals surface area contributed by atoms with Crippen LogP contribution in [0.2, 0.25) is 5.02 Å². The third-order valence-electron chi connectivity index (χ3n) is 2.07. The summed E-state index contributed by atoms with van der Waals surface area (Å²) in [5, 5.41) is 0.148. The maximum absolute atomic E-state index is 12.8. The number of halogens is 6. The second-order valence-electron chi connectivity index (χ2n) is 3.36. The fourth-order valence-corrected chi connectivity index (χ4v) is 1.41. The van der Waals surface area contributed by atoms with Gasteiger partial charge in [-0.25, -0.2) is 0 Å². The number of hydrogen-bond acceptors (Lipinski definition) is 1. The first kappa shape index (κ1) is 13.9. The van der Waals surface area contributed by atoms with Gasteiger partial charge in [0.15, 0.2) is 0 Å². The summed E-state index contributed by atoms with van der Waals surface area (Å²) in [5.41, 5.74) is -0.733. The minimum absolute atomic E-state index is 0.0357. The largest absolute Gasteiger partial charge is 0.461 e. The zero-order valence-corrected chi connectivity index (χ0v) is 9.16. The van der Waals surface area contributed by atoms with Gasteiger partial charge >= 0.3 is 12.1 Å². The minimum Gasteiger partial charge on any atom is -0.287 e. The molecule has 0 N–H and O–H groups in total. The molecule has 0 heterocycles. The third kappa shape index (κ3) is 2.57. The molecule has 17 heavy (non-hydrogen) atoms. The molecule has 0 saturated carbocycles. The minimum atomic E-state index is -5.91. The van der Waals surface area contributed by atoms with E-state index in [9.17, 15) is 26.7 Å². The molecule has 0 amide bonds. The van der Waals surface area contributed by atoms with E-state index in [1.807, 2.05) is 0 Å². The van der Waals surface area contributed by atoms with Crippen molar-refractivity contribution in [2.45, 2.75) is 19.0 Å².